The fraction of sp³-hybridized carbons (Fsp3) is 0.417. The van der Waals surface area contributed by atoms with Crippen molar-refractivity contribution in [3.63, 3.8) is 0 Å². The largest absolute Gasteiger partial charge is 0.465 e. The zero-order valence-corrected chi connectivity index (χ0v) is 12.3. The van der Waals surface area contributed by atoms with Crippen molar-refractivity contribution in [3.8, 4) is 0 Å². The second-order valence-electron chi connectivity index (χ2n) is 3.34. The van der Waals surface area contributed by atoms with Gasteiger partial charge in [-0.3, -0.25) is 0 Å². The van der Waals surface area contributed by atoms with Gasteiger partial charge in [0.15, 0.2) is 0 Å². The van der Waals surface area contributed by atoms with Crippen LogP contribution in [0.1, 0.15) is 15.9 Å². The van der Waals surface area contributed by atoms with Gasteiger partial charge in [-0.15, -0.1) is 0 Å². The molecule has 1 aromatic rings. The first-order valence-corrected chi connectivity index (χ1v) is 7.07. The summed E-state index contributed by atoms with van der Waals surface area (Å²) < 4.78 is 10.6. The topological polar surface area (TPSA) is 35.5 Å². The molecule has 0 heterocycles. The lowest BCUT2D eigenvalue weighted by Crippen LogP contribution is -2.01. The zero-order chi connectivity index (χ0) is 12.7. The summed E-state index contributed by atoms with van der Waals surface area (Å²) in [6.07, 6.45) is 0. The number of rotatable bonds is 6. The Kier molecular flexibility index (Phi) is 6.62. The SMILES string of the molecule is COCCSCc1ccc(C(=O)OC)cc1Br. The molecule has 3 nitrogen and oxygen atoms in total. The predicted octanol–water partition coefficient (Wildman–Crippen LogP) is 3.12. The number of thioether (sulfide) groups is 1. The van der Waals surface area contributed by atoms with Gasteiger partial charge in [-0.05, 0) is 17.7 Å². The highest BCUT2D eigenvalue weighted by molar-refractivity contribution is 9.10. The second-order valence-corrected chi connectivity index (χ2v) is 5.30. The van der Waals surface area contributed by atoms with Gasteiger partial charge in [-0.1, -0.05) is 22.0 Å². The molecule has 0 aliphatic heterocycles. The van der Waals surface area contributed by atoms with Crippen molar-refractivity contribution >= 4 is 33.7 Å². The first-order chi connectivity index (χ1) is 8.19. The lowest BCUT2D eigenvalue weighted by atomic mass is 10.1. The maximum absolute atomic E-state index is 11.3. The Balaban J connectivity index is 2.60. The van der Waals surface area contributed by atoms with Crippen molar-refractivity contribution in [2.24, 2.45) is 0 Å². The molecule has 17 heavy (non-hydrogen) atoms. The molecule has 0 aliphatic rings. The van der Waals surface area contributed by atoms with Gasteiger partial charge in [0.2, 0.25) is 0 Å². The number of carbonyl (C=O) groups is 1. The molecule has 0 fully saturated rings. The molecule has 0 aliphatic carbocycles. The van der Waals surface area contributed by atoms with Crippen LogP contribution >= 0.6 is 27.7 Å². The first kappa shape index (κ1) is 14.5. The third kappa shape index (κ3) is 4.69. The summed E-state index contributed by atoms with van der Waals surface area (Å²) in [6.45, 7) is 0.753. The molecule has 0 saturated carbocycles. The van der Waals surface area contributed by atoms with Crippen LogP contribution in [0.15, 0.2) is 22.7 Å². The normalized spacial score (nSPS) is 10.3. The Hall–Kier alpha value is -0.520. The van der Waals surface area contributed by atoms with Gasteiger partial charge in [-0.25, -0.2) is 4.79 Å². The van der Waals surface area contributed by atoms with Crippen LogP contribution in [0.2, 0.25) is 0 Å². The van der Waals surface area contributed by atoms with E-state index in [0.29, 0.717) is 5.56 Å². The molecule has 1 rings (SSSR count). The molecule has 0 aromatic heterocycles. The number of esters is 1. The molecular weight excluding hydrogens is 304 g/mol. The summed E-state index contributed by atoms with van der Waals surface area (Å²) >= 11 is 5.26. The molecule has 0 radical (unpaired) electrons. The summed E-state index contributed by atoms with van der Waals surface area (Å²) in [5.41, 5.74) is 1.73. The molecular formula is C12H15BrO3S. The number of carbonyl (C=O) groups excluding carboxylic acids is 1. The van der Waals surface area contributed by atoms with Gasteiger partial charge in [0.05, 0.1) is 19.3 Å². The van der Waals surface area contributed by atoms with E-state index in [1.165, 1.54) is 12.7 Å². The van der Waals surface area contributed by atoms with E-state index in [-0.39, 0.29) is 5.97 Å². The maximum Gasteiger partial charge on any atom is 0.337 e. The minimum Gasteiger partial charge on any atom is -0.465 e. The van der Waals surface area contributed by atoms with Crippen LogP contribution in [0.3, 0.4) is 0 Å². The number of benzene rings is 1. The van der Waals surface area contributed by atoms with Crippen LogP contribution in [0.5, 0.6) is 0 Å². The quantitative estimate of drug-likeness (QED) is 0.596. The summed E-state index contributed by atoms with van der Waals surface area (Å²) in [4.78, 5) is 11.3. The van der Waals surface area contributed by atoms with Gasteiger partial charge in [0.25, 0.3) is 0 Å². The van der Waals surface area contributed by atoms with Crippen molar-refractivity contribution in [2.75, 3.05) is 26.6 Å². The number of methoxy groups -OCH3 is 2. The Morgan fingerprint density at radius 3 is 2.76 bits per heavy atom. The minimum atomic E-state index is -0.315. The minimum absolute atomic E-state index is 0.315. The molecule has 0 saturated heterocycles. The zero-order valence-electron chi connectivity index (χ0n) is 9.86. The Morgan fingerprint density at radius 2 is 2.18 bits per heavy atom. The van der Waals surface area contributed by atoms with Gasteiger partial charge in [-0.2, -0.15) is 11.8 Å². The predicted molar refractivity (Wildman–Crippen MR) is 73.5 cm³/mol. The van der Waals surface area contributed by atoms with Crippen LogP contribution in [0, 0.1) is 0 Å². The maximum atomic E-state index is 11.3. The van der Waals surface area contributed by atoms with E-state index < -0.39 is 0 Å². The highest BCUT2D eigenvalue weighted by Crippen LogP contribution is 2.23. The van der Waals surface area contributed by atoms with E-state index in [4.69, 9.17) is 4.74 Å². The highest BCUT2D eigenvalue weighted by Gasteiger charge is 2.08. The average molecular weight is 319 g/mol. The van der Waals surface area contributed by atoms with Crippen LogP contribution in [0.25, 0.3) is 0 Å². The summed E-state index contributed by atoms with van der Waals surface area (Å²) in [5.74, 6) is 1.54. The van der Waals surface area contributed by atoms with Crippen molar-refractivity contribution in [1.29, 1.82) is 0 Å². The summed E-state index contributed by atoms with van der Waals surface area (Å²) in [5, 5.41) is 0. The first-order valence-electron chi connectivity index (χ1n) is 5.12. The van der Waals surface area contributed by atoms with Crippen LogP contribution < -0.4 is 0 Å². The third-order valence-corrected chi connectivity index (χ3v) is 3.87. The molecule has 0 atom stereocenters. The molecule has 1 aromatic carbocycles. The number of hydrogen-bond donors (Lipinski definition) is 0. The molecule has 0 amide bonds. The molecule has 0 unspecified atom stereocenters. The lowest BCUT2D eigenvalue weighted by Gasteiger charge is -2.06. The smallest absolute Gasteiger partial charge is 0.337 e. The van der Waals surface area contributed by atoms with Crippen molar-refractivity contribution in [3.05, 3.63) is 33.8 Å². The van der Waals surface area contributed by atoms with Gasteiger partial charge in [0.1, 0.15) is 0 Å². The van der Waals surface area contributed by atoms with Crippen LogP contribution in [-0.2, 0) is 15.2 Å². The second kappa shape index (κ2) is 7.74. The van der Waals surface area contributed by atoms with E-state index in [0.717, 1.165) is 22.6 Å². The van der Waals surface area contributed by atoms with Crippen LogP contribution in [-0.4, -0.2) is 32.5 Å². The number of ether oxygens (including phenoxy) is 2. The van der Waals surface area contributed by atoms with Crippen molar-refractivity contribution in [1.82, 2.24) is 0 Å². The van der Waals surface area contributed by atoms with E-state index >= 15 is 0 Å². The standard InChI is InChI=1S/C12H15BrO3S/c1-15-5-6-17-8-10-4-3-9(7-11(10)13)12(14)16-2/h3-4,7H,5-6,8H2,1-2H3. The van der Waals surface area contributed by atoms with E-state index in [1.54, 1.807) is 31.0 Å². The fourth-order valence-electron chi connectivity index (χ4n) is 1.23. The summed E-state index contributed by atoms with van der Waals surface area (Å²) in [6, 6.07) is 5.51. The van der Waals surface area contributed by atoms with Gasteiger partial charge >= 0.3 is 5.97 Å². The monoisotopic (exact) mass is 318 g/mol. The van der Waals surface area contributed by atoms with Gasteiger partial charge in [0, 0.05) is 23.1 Å². The molecule has 94 valence electrons. The Morgan fingerprint density at radius 1 is 1.41 bits per heavy atom. The van der Waals surface area contributed by atoms with Gasteiger partial charge < -0.3 is 9.47 Å². The lowest BCUT2D eigenvalue weighted by molar-refractivity contribution is 0.0600. The third-order valence-electron chi connectivity index (χ3n) is 2.16. The number of halogens is 1. The van der Waals surface area contributed by atoms with Crippen molar-refractivity contribution in [2.45, 2.75) is 5.75 Å². The van der Waals surface area contributed by atoms with Crippen LogP contribution in [0.4, 0.5) is 0 Å². The van der Waals surface area contributed by atoms with E-state index in [1.807, 2.05) is 6.07 Å². The Bertz CT molecular complexity index is 382. The number of hydrogen-bond acceptors (Lipinski definition) is 4. The van der Waals surface area contributed by atoms with Crippen molar-refractivity contribution < 1.29 is 14.3 Å². The summed E-state index contributed by atoms with van der Waals surface area (Å²) in [7, 11) is 3.08. The fourth-order valence-corrected chi connectivity index (χ4v) is 2.84. The average Bonchev–Trinajstić information content (AvgIpc) is 2.35. The Labute approximate surface area is 114 Å². The highest BCUT2D eigenvalue weighted by atomic mass is 79.9. The molecule has 0 spiro atoms. The molecule has 5 heteroatoms. The molecule has 0 bridgehead atoms. The molecule has 0 N–H and O–H groups in total. The van der Waals surface area contributed by atoms with E-state index in [9.17, 15) is 4.79 Å². The van der Waals surface area contributed by atoms with E-state index in [2.05, 4.69) is 20.7 Å².